The minimum Gasteiger partial charge on any atom is -0.468 e. The van der Waals surface area contributed by atoms with Crippen LogP contribution in [0.5, 0.6) is 0 Å². The number of ketones is 1. The summed E-state index contributed by atoms with van der Waals surface area (Å²) in [6.07, 6.45) is 0. The fraction of sp³-hybridized carbons (Fsp3) is 0.263. The monoisotopic (exact) mass is 341 g/mol. The highest BCUT2D eigenvalue weighted by molar-refractivity contribution is 5.98. The van der Waals surface area contributed by atoms with Gasteiger partial charge in [-0.1, -0.05) is 60.7 Å². The third-order valence-corrected chi connectivity index (χ3v) is 4.15. The van der Waals surface area contributed by atoms with Gasteiger partial charge in [0.25, 0.3) is 0 Å². The van der Waals surface area contributed by atoms with Crippen LogP contribution < -0.4 is 0 Å². The number of carbonyl (C=O) groups excluding carboxylic acids is 2. The molecule has 2 aromatic carbocycles. The summed E-state index contributed by atoms with van der Waals surface area (Å²) in [4.78, 5) is 35.9. The summed E-state index contributed by atoms with van der Waals surface area (Å²) in [5.74, 6) is -3.47. The van der Waals surface area contributed by atoms with Crippen molar-refractivity contribution in [1.82, 2.24) is 0 Å². The summed E-state index contributed by atoms with van der Waals surface area (Å²) in [6.45, 7) is 1.25. The first-order chi connectivity index (χ1) is 12.0. The average molecular weight is 341 g/mol. The van der Waals surface area contributed by atoms with Crippen LogP contribution in [-0.2, 0) is 14.3 Å². The van der Waals surface area contributed by atoms with Gasteiger partial charge in [-0.15, -0.1) is 0 Å². The van der Waals surface area contributed by atoms with Gasteiger partial charge in [0.1, 0.15) is 11.7 Å². The summed E-state index contributed by atoms with van der Waals surface area (Å²) < 4.78 is 4.76. The molecule has 0 aromatic heterocycles. The van der Waals surface area contributed by atoms with E-state index in [2.05, 4.69) is 0 Å². The van der Waals surface area contributed by atoms with Gasteiger partial charge in [0, 0.05) is 10.5 Å². The number of nitro groups is 1. The van der Waals surface area contributed by atoms with Crippen LogP contribution in [0.4, 0.5) is 0 Å². The van der Waals surface area contributed by atoms with Crippen LogP contribution in [0.1, 0.15) is 30.0 Å². The van der Waals surface area contributed by atoms with Crippen molar-refractivity contribution in [2.75, 3.05) is 7.11 Å². The predicted molar refractivity (Wildman–Crippen MR) is 91.5 cm³/mol. The molecule has 130 valence electrons. The van der Waals surface area contributed by atoms with E-state index in [9.17, 15) is 19.7 Å². The molecule has 3 atom stereocenters. The molecular formula is C19H19NO5. The molecule has 25 heavy (non-hydrogen) atoms. The zero-order valence-corrected chi connectivity index (χ0v) is 14.0. The van der Waals surface area contributed by atoms with Gasteiger partial charge in [0.2, 0.25) is 6.04 Å². The Morgan fingerprint density at radius 2 is 1.44 bits per heavy atom. The second-order valence-corrected chi connectivity index (χ2v) is 5.69. The number of carbonyl (C=O) groups is 2. The number of benzene rings is 2. The van der Waals surface area contributed by atoms with E-state index in [1.807, 2.05) is 0 Å². The fourth-order valence-corrected chi connectivity index (χ4v) is 3.04. The van der Waals surface area contributed by atoms with Crippen LogP contribution in [0.2, 0.25) is 0 Å². The number of nitrogens with zero attached hydrogens (tertiary/aromatic N) is 1. The minimum atomic E-state index is -1.26. The van der Waals surface area contributed by atoms with E-state index in [1.165, 1.54) is 14.0 Å². The number of rotatable bonds is 7. The molecule has 0 saturated carbocycles. The molecule has 0 fully saturated rings. The van der Waals surface area contributed by atoms with Gasteiger partial charge in [-0.2, -0.15) is 0 Å². The molecule has 0 N–H and O–H groups in total. The molecular weight excluding hydrogens is 322 g/mol. The molecule has 0 radical (unpaired) electrons. The van der Waals surface area contributed by atoms with Crippen LogP contribution in [0, 0.1) is 16.0 Å². The molecule has 0 aliphatic rings. The first kappa shape index (κ1) is 18.3. The Morgan fingerprint density at radius 3 is 1.84 bits per heavy atom. The highest BCUT2D eigenvalue weighted by atomic mass is 16.6. The minimum absolute atomic E-state index is 0.427. The van der Waals surface area contributed by atoms with Crippen molar-refractivity contribution in [2.24, 2.45) is 5.92 Å². The third kappa shape index (κ3) is 4.09. The molecule has 0 aliphatic heterocycles. The normalized spacial score (nSPS) is 14.2. The lowest BCUT2D eigenvalue weighted by molar-refractivity contribution is -0.534. The predicted octanol–water partition coefficient (Wildman–Crippen LogP) is 3.17. The van der Waals surface area contributed by atoms with E-state index in [4.69, 9.17) is 4.74 Å². The number of hydrogen-bond acceptors (Lipinski definition) is 5. The summed E-state index contributed by atoms with van der Waals surface area (Å²) in [6, 6.07) is 15.7. The van der Waals surface area contributed by atoms with Gasteiger partial charge in [0.05, 0.1) is 13.0 Å². The van der Waals surface area contributed by atoms with E-state index in [0.29, 0.717) is 11.1 Å². The maximum atomic E-state index is 12.3. The Balaban J connectivity index is 2.66. The zero-order valence-electron chi connectivity index (χ0n) is 14.0. The largest absolute Gasteiger partial charge is 0.468 e. The summed E-state index contributed by atoms with van der Waals surface area (Å²) in [7, 11) is 1.17. The molecule has 6 heteroatoms. The van der Waals surface area contributed by atoms with E-state index in [-0.39, 0.29) is 0 Å². The topological polar surface area (TPSA) is 86.5 Å². The van der Waals surface area contributed by atoms with Crippen molar-refractivity contribution in [3.63, 3.8) is 0 Å². The molecule has 0 aliphatic carbocycles. The third-order valence-electron chi connectivity index (χ3n) is 4.15. The van der Waals surface area contributed by atoms with Crippen molar-refractivity contribution in [3.05, 3.63) is 81.9 Å². The Bertz CT molecular complexity index is 745. The maximum absolute atomic E-state index is 12.3. The smallest absolute Gasteiger partial charge is 0.317 e. The van der Waals surface area contributed by atoms with Gasteiger partial charge in [0.15, 0.2) is 0 Å². The Kier molecular flexibility index (Phi) is 6.00. The zero-order chi connectivity index (χ0) is 18.4. The fourth-order valence-electron chi connectivity index (χ4n) is 3.04. The average Bonchev–Trinajstić information content (AvgIpc) is 2.62. The summed E-state index contributed by atoms with van der Waals surface area (Å²) in [5.41, 5.74) is 0.968. The molecule has 0 bridgehead atoms. The van der Waals surface area contributed by atoms with Crippen LogP contribution in [0.15, 0.2) is 60.7 Å². The Morgan fingerprint density at radius 1 is 0.960 bits per heavy atom. The van der Waals surface area contributed by atoms with E-state index in [0.717, 1.165) is 0 Å². The van der Waals surface area contributed by atoms with Crippen molar-refractivity contribution in [2.45, 2.75) is 18.9 Å². The molecule has 0 saturated heterocycles. The van der Waals surface area contributed by atoms with Crippen LogP contribution in [0.3, 0.4) is 0 Å². The molecule has 2 aromatic rings. The first-order valence-corrected chi connectivity index (χ1v) is 7.79. The highest BCUT2D eigenvalue weighted by Gasteiger charge is 2.45. The first-order valence-electron chi connectivity index (χ1n) is 7.79. The van der Waals surface area contributed by atoms with Gasteiger partial charge in [-0.25, -0.2) is 0 Å². The van der Waals surface area contributed by atoms with Crippen molar-refractivity contribution < 1.29 is 19.2 Å². The Labute approximate surface area is 145 Å². The standard InChI is InChI=1S/C19H19NO5/c1-13(21)16(19(22)25-2)17(14-9-5-3-6-10-14)18(20(23)24)15-11-7-4-8-12-15/h3-12,16-18H,1-2H3/t16-,17+,18+/m1/s1. The number of Topliss-reactive ketones (excluding diaryl/α,β-unsaturated/α-hetero) is 1. The number of methoxy groups -OCH3 is 1. The maximum Gasteiger partial charge on any atom is 0.317 e. The number of ether oxygens (including phenoxy) is 1. The molecule has 0 heterocycles. The van der Waals surface area contributed by atoms with E-state index in [1.54, 1.807) is 60.7 Å². The molecule has 2 rings (SSSR count). The van der Waals surface area contributed by atoms with E-state index < -0.39 is 34.6 Å². The summed E-state index contributed by atoms with van der Waals surface area (Å²) in [5, 5.41) is 11.9. The highest BCUT2D eigenvalue weighted by Crippen LogP contribution is 2.40. The second kappa shape index (κ2) is 8.19. The lowest BCUT2D eigenvalue weighted by Gasteiger charge is -2.26. The molecule has 0 amide bonds. The number of esters is 1. The lowest BCUT2D eigenvalue weighted by atomic mass is 9.76. The Hall–Kier alpha value is -3.02. The lowest BCUT2D eigenvalue weighted by Crippen LogP contribution is -2.35. The van der Waals surface area contributed by atoms with Crippen LogP contribution in [-0.4, -0.2) is 23.8 Å². The van der Waals surface area contributed by atoms with Crippen LogP contribution >= 0.6 is 0 Å². The van der Waals surface area contributed by atoms with Crippen LogP contribution in [0.25, 0.3) is 0 Å². The van der Waals surface area contributed by atoms with Crippen molar-refractivity contribution in [3.8, 4) is 0 Å². The van der Waals surface area contributed by atoms with Crippen molar-refractivity contribution >= 4 is 11.8 Å². The number of hydrogen-bond donors (Lipinski definition) is 0. The molecule has 0 spiro atoms. The second-order valence-electron chi connectivity index (χ2n) is 5.69. The molecule has 0 unspecified atom stereocenters. The quantitative estimate of drug-likeness (QED) is 0.334. The molecule has 6 nitrogen and oxygen atoms in total. The van der Waals surface area contributed by atoms with Gasteiger partial charge in [-0.3, -0.25) is 19.7 Å². The van der Waals surface area contributed by atoms with Gasteiger partial charge in [-0.05, 0) is 12.5 Å². The van der Waals surface area contributed by atoms with Gasteiger partial charge >= 0.3 is 5.97 Å². The SMILES string of the molecule is COC(=O)[C@H](C(C)=O)[C@H](c1ccccc1)[C@H](c1ccccc1)[N+](=O)[O-]. The van der Waals surface area contributed by atoms with Crippen molar-refractivity contribution in [1.29, 1.82) is 0 Å². The van der Waals surface area contributed by atoms with E-state index >= 15 is 0 Å². The summed E-state index contributed by atoms with van der Waals surface area (Å²) >= 11 is 0. The van der Waals surface area contributed by atoms with Gasteiger partial charge < -0.3 is 4.74 Å².